The molecule has 0 radical (unpaired) electrons. The van der Waals surface area contributed by atoms with Crippen molar-refractivity contribution in [2.75, 3.05) is 31.6 Å². The molecule has 0 aromatic heterocycles. The molecule has 2 aromatic rings. The van der Waals surface area contributed by atoms with E-state index < -0.39 is 12.0 Å². The molecule has 0 saturated carbocycles. The highest BCUT2D eigenvalue weighted by atomic mass is 16.5. The minimum absolute atomic E-state index is 0.532. The maximum Gasteiger partial charge on any atom is 0.330 e. The van der Waals surface area contributed by atoms with Gasteiger partial charge in [0, 0.05) is 12.2 Å². The lowest BCUT2D eigenvalue weighted by molar-refractivity contribution is -0.138. The van der Waals surface area contributed by atoms with Crippen LogP contribution in [-0.4, -0.2) is 42.2 Å². The van der Waals surface area contributed by atoms with Crippen LogP contribution in [0.4, 0.5) is 5.69 Å². The Kier molecular flexibility index (Phi) is 7.09. The standard InChI is InChI=1S/C23H27N3O3/c1-2-17-13-19(15-21(14-17)29-12-11-26-9-3-4-10-26)22(23(27)28)25-20-7-5-18(16-24)6-8-20/h5-8,13-15,22,25H,2-4,9-12H2,1H3,(H,27,28). The van der Waals surface area contributed by atoms with E-state index in [1.54, 1.807) is 30.3 Å². The summed E-state index contributed by atoms with van der Waals surface area (Å²) in [6.07, 6.45) is 3.28. The number of aryl methyl sites for hydroxylation is 1. The third-order valence-electron chi connectivity index (χ3n) is 5.18. The molecule has 1 saturated heterocycles. The minimum atomic E-state index is -0.967. The molecule has 0 spiro atoms. The highest BCUT2D eigenvalue weighted by Crippen LogP contribution is 2.26. The number of benzene rings is 2. The van der Waals surface area contributed by atoms with Gasteiger partial charge in [-0.25, -0.2) is 4.79 Å². The summed E-state index contributed by atoms with van der Waals surface area (Å²) in [6.45, 7) is 5.76. The molecule has 0 bridgehead atoms. The lowest BCUT2D eigenvalue weighted by Gasteiger charge is -2.19. The first-order chi connectivity index (χ1) is 14.1. The number of carboxylic acid groups (broad SMARTS) is 1. The number of rotatable bonds is 9. The Morgan fingerprint density at radius 3 is 2.59 bits per heavy atom. The Labute approximate surface area is 171 Å². The van der Waals surface area contributed by atoms with Gasteiger partial charge in [0.1, 0.15) is 12.4 Å². The molecule has 1 unspecified atom stereocenters. The highest BCUT2D eigenvalue weighted by Gasteiger charge is 2.21. The molecule has 0 aliphatic carbocycles. The van der Waals surface area contributed by atoms with Gasteiger partial charge in [-0.05, 0) is 79.9 Å². The fourth-order valence-corrected chi connectivity index (χ4v) is 3.53. The van der Waals surface area contributed by atoms with Gasteiger partial charge in [-0.3, -0.25) is 4.90 Å². The number of nitrogens with zero attached hydrogens (tertiary/aromatic N) is 2. The molecule has 1 aliphatic rings. The normalized spacial score (nSPS) is 14.9. The van der Waals surface area contributed by atoms with Gasteiger partial charge in [-0.1, -0.05) is 13.0 Å². The molecule has 1 atom stereocenters. The molecule has 152 valence electrons. The van der Waals surface area contributed by atoms with Gasteiger partial charge < -0.3 is 15.2 Å². The van der Waals surface area contributed by atoms with Crippen molar-refractivity contribution in [3.05, 3.63) is 59.2 Å². The van der Waals surface area contributed by atoms with Gasteiger partial charge >= 0.3 is 5.97 Å². The molecule has 1 heterocycles. The van der Waals surface area contributed by atoms with Crippen molar-refractivity contribution in [2.24, 2.45) is 0 Å². The second-order valence-electron chi connectivity index (χ2n) is 7.27. The number of nitrogens with one attached hydrogen (secondary N) is 1. The fraction of sp³-hybridized carbons (Fsp3) is 0.391. The number of ether oxygens (including phenoxy) is 1. The summed E-state index contributed by atoms with van der Waals surface area (Å²) in [5.74, 6) is -0.267. The van der Waals surface area contributed by atoms with E-state index >= 15 is 0 Å². The SMILES string of the molecule is CCc1cc(OCCN2CCCC2)cc(C(Nc2ccc(C#N)cc2)C(=O)O)c1. The molecule has 1 aliphatic heterocycles. The summed E-state index contributed by atoms with van der Waals surface area (Å²) in [6, 6.07) is 13.6. The van der Waals surface area contributed by atoms with Crippen LogP contribution in [0, 0.1) is 11.3 Å². The molecule has 2 aromatic carbocycles. The number of anilines is 1. The summed E-state index contributed by atoms with van der Waals surface area (Å²) in [7, 11) is 0. The van der Waals surface area contributed by atoms with Crippen LogP contribution < -0.4 is 10.1 Å². The Hall–Kier alpha value is -3.04. The van der Waals surface area contributed by atoms with Crippen molar-refractivity contribution in [3.8, 4) is 11.8 Å². The summed E-state index contributed by atoms with van der Waals surface area (Å²) in [5, 5.41) is 21.8. The van der Waals surface area contributed by atoms with Crippen LogP contribution in [0.1, 0.15) is 42.5 Å². The van der Waals surface area contributed by atoms with Gasteiger partial charge in [-0.2, -0.15) is 5.26 Å². The zero-order chi connectivity index (χ0) is 20.6. The predicted octanol–water partition coefficient (Wildman–Crippen LogP) is 3.83. The van der Waals surface area contributed by atoms with Crippen molar-refractivity contribution in [1.29, 1.82) is 5.26 Å². The second-order valence-corrected chi connectivity index (χ2v) is 7.27. The van der Waals surface area contributed by atoms with Crippen molar-refractivity contribution < 1.29 is 14.6 Å². The van der Waals surface area contributed by atoms with Gasteiger partial charge in [0.05, 0.1) is 11.6 Å². The summed E-state index contributed by atoms with van der Waals surface area (Å²) >= 11 is 0. The number of hydrogen-bond donors (Lipinski definition) is 2. The van der Waals surface area contributed by atoms with E-state index in [4.69, 9.17) is 10.00 Å². The Morgan fingerprint density at radius 2 is 1.97 bits per heavy atom. The van der Waals surface area contributed by atoms with Gasteiger partial charge in [-0.15, -0.1) is 0 Å². The van der Waals surface area contributed by atoms with Crippen molar-refractivity contribution in [1.82, 2.24) is 4.90 Å². The third-order valence-corrected chi connectivity index (χ3v) is 5.18. The maximum atomic E-state index is 12.0. The minimum Gasteiger partial charge on any atom is -0.492 e. The molecule has 3 rings (SSSR count). The molecule has 0 amide bonds. The van der Waals surface area contributed by atoms with Crippen LogP contribution in [-0.2, 0) is 11.2 Å². The maximum absolute atomic E-state index is 12.0. The molecule has 6 heteroatoms. The van der Waals surface area contributed by atoms with E-state index in [1.807, 2.05) is 19.1 Å². The monoisotopic (exact) mass is 393 g/mol. The topological polar surface area (TPSA) is 85.6 Å². The van der Waals surface area contributed by atoms with Crippen LogP contribution in [0.5, 0.6) is 5.75 Å². The molecule has 6 nitrogen and oxygen atoms in total. The molecule has 29 heavy (non-hydrogen) atoms. The van der Waals surface area contributed by atoms with Gasteiger partial charge in [0.25, 0.3) is 0 Å². The number of carboxylic acids is 1. The summed E-state index contributed by atoms with van der Waals surface area (Å²) < 4.78 is 5.96. The zero-order valence-electron chi connectivity index (χ0n) is 16.7. The number of carbonyl (C=O) groups is 1. The lowest BCUT2D eigenvalue weighted by atomic mass is 10.0. The number of hydrogen-bond acceptors (Lipinski definition) is 5. The average molecular weight is 393 g/mol. The van der Waals surface area contributed by atoms with E-state index in [-0.39, 0.29) is 0 Å². The number of likely N-dealkylation sites (tertiary alicyclic amines) is 1. The molecule has 2 N–H and O–H groups in total. The quantitative estimate of drug-likeness (QED) is 0.673. The first-order valence-corrected chi connectivity index (χ1v) is 10.1. The van der Waals surface area contributed by atoms with E-state index in [0.29, 0.717) is 29.2 Å². The van der Waals surface area contributed by atoms with Crippen molar-refractivity contribution >= 4 is 11.7 Å². The first kappa shape index (κ1) is 20.7. The van der Waals surface area contributed by atoms with Gasteiger partial charge in [0.15, 0.2) is 6.04 Å². The molecular formula is C23H27N3O3. The Balaban J connectivity index is 1.75. The van der Waals surface area contributed by atoms with Crippen LogP contribution in [0.15, 0.2) is 42.5 Å². The van der Waals surface area contributed by atoms with Crippen LogP contribution in [0.3, 0.4) is 0 Å². The Bertz CT molecular complexity index is 868. The first-order valence-electron chi connectivity index (χ1n) is 10.1. The zero-order valence-corrected chi connectivity index (χ0v) is 16.7. The Morgan fingerprint density at radius 1 is 1.24 bits per heavy atom. The van der Waals surface area contributed by atoms with E-state index in [0.717, 1.165) is 31.6 Å². The van der Waals surface area contributed by atoms with E-state index in [1.165, 1.54) is 12.8 Å². The highest BCUT2D eigenvalue weighted by molar-refractivity contribution is 5.79. The summed E-state index contributed by atoms with van der Waals surface area (Å²) in [5.41, 5.74) is 2.86. The largest absolute Gasteiger partial charge is 0.492 e. The third kappa shape index (κ3) is 5.72. The van der Waals surface area contributed by atoms with Crippen LogP contribution in [0.2, 0.25) is 0 Å². The number of nitriles is 1. The number of aliphatic carboxylic acids is 1. The smallest absolute Gasteiger partial charge is 0.330 e. The molecular weight excluding hydrogens is 366 g/mol. The molecule has 1 fully saturated rings. The summed E-state index contributed by atoms with van der Waals surface area (Å²) in [4.78, 5) is 14.4. The van der Waals surface area contributed by atoms with Crippen molar-refractivity contribution in [2.45, 2.75) is 32.2 Å². The average Bonchev–Trinajstić information content (AvgIpc) is 3.25. The predicted molar refractivity (Wildman–Crippen MR) is 112 cm³/mol. The van der Waals surface area contributed by atoms with Crippen LogP contribution in [0.25, 0.3) is 0 Å². The van der Waals surface area contributed by atoms with Gasteiger partial charge in [0.2, 0.25) is 0 Å². The van der Waals surface area contributed by atoms with Crippen LogP contribution >= 0.6 is 0 Å². The second kappa shape index (κ2) is 9.94. The van der Waals surface area contributed by atoms with E-state index in [9.17, 15) is 9.90 Å². The lowest BCUT2D eigenvalue weighted by Crippen LogP contribution is -2.25. The fourth-order valence-electron chi connectivity index (χ4n) is 3.53. The van der Waals surface area contributed by atoms with E-state index in [2.05, 4.69) is 16.3 Å². The van der Waals surface area contributed by atoms with Crippen molar-refractivity contribution in [3.63, 3.8) is 0 Å².